The minimum atomic E-state index is -0.488. The molecule has 7 nitrogen and oxygen atoms in total. The zero-order valence-electron chi connectivity index (χ0n) is 13.5. The maximum Gasteiger partial charge on any atom is 0.321 e. The number of nitrogens with one attached hydrogen (secondary N) is 3. The standard InChI is InChI=1S/C15H23N3O4/c1-16-15(20)17-14(19)10-18(2)8-7-11-5-6-12(21-3)13(9-11)22-4/h5-6,9H,7-8,10H2,1-4H3,(H2,16,17,19,20)/p+1. The van der Waals surface area contributed by atoms with Crippen LogP contribution in [0.15, 0.2) is 18.2 Å². The molecule has 0 fully saturated rings. The first-order chi connectivity index (χ1) is 10.5. The molecule has 1 unspecified atom stereocenters. The molecule has 3 N–H and O–H groups in total. The Bertz CT molecular complexity index is 520. The number of carbonyl (C=O) groups is 2. The summed E-state index contributed by atoms with van der Waals surface area (Å²) >= 11 is 0. The second kappa shape index (κ2) is 8.89. The third kappa shape index (κ3) is 5.61. The zero-order chi connectivity index (χ0) is 16.5. The summed E-state index contributed by atoms with van der Waals surface area (Å²) in [5.74, 6) is 1.08. The molecule has 122 valence electrons. The van der Waals surface area contributed by atoms with Gasteiger partial charge in [0.2, 0.25) is 0 Å². The Morgan fingerprint density at radius 3 is 2.45 bits per heavy atom. The van der Waals surface area contributed by atoms with E-state index in [0.717, 1.165) is 23.4 Å². The highest BCUT2D eigenvalue weighted by atomic mass is 16.5. The van der Waals surface area contributed by atoms with Gasteiger partial charge in [0.15, 0.2) is 18.0 Å². The summed E-state index contributed by atoms with van der Waals surface area (Å²) in [7, 11) is 6.57. The van der Waals surface area contributed by atoms with Crippen LogP contribution >= 0.6 is 0 Å². The van der Waals surface area contributed by atoms with Gasteiger partial charge in [-0.2, -0.15) is 0 Å². The summed E-state index contributed by atoms with van der Waals surface area (Å²) in [4.78, 5) is 23.6. The van der Waals surface area contributed by atoms with Crippen molar-refractivity contribution in [1.29, 1.82) is 0 Å². The van der Waals surface area contributed by atoms with Crippen LogP contribution in [0.25, 0.3) is 0 Å². The number of ether oxygens (including phenoxy) is 2. The summed E-state index contributed by atoms with van der Waals surface area (Å²) < 4.78 is 10.5. The molecule has 0 heterocycles. The molecule has 0 aliphatic rings. The largest absolute Gasteiger partial charge is 0.493 e. The number of hydrogen-bond acceptors (Lipinski definition) is 4. The maximum absolute atomic E-state index is 11.6. The highest BCUT2D eigenvalue weighted by Crippen LogP contribution is 2.27. The number of hydrogen-bond donors (Lipinski definition) is 3. The molecule has 0 bridgehead atoms. The quantitative estimate of drug-likeness (QED) is 0.617. The van der Waals surface area contributed by atoms with Crippen molar-refractivity contribution in [3.05, 3.63) is 23.8 Å². The number of likely N-dealkylation sites (N-methyl/N-ethyl adjacent to an activating group) is 1. The second-order valence-electron chi connectivity index (χ2n) is 4.95. The molecule has 0 aromatic heterocycles. The normalized spacial score (nSPS) is 11.5. The summed E-state index contributed by atoms with van der Waals surface area (Å²) in [5, 5.41) is 4.59. The molecule has 1 aromatic rings. The van der Waals surface area contributed by atoms with E-state index in [4.69, 9.17) is 9.47 Å². The Morgan fingerprint density at radius 1 is 1.18 bits per heavy atom. The third-order valence-electron chi connectivity index (χ3n) is 3.23. The topological polar surface area (TPSA) is 81.1 Å². The van der Waals surface area contributed by atoms with E-state index >= 15 is 0 Å². The fourth-order valence-electron chi connectivity index (χ4n) is 1.99. The van der Waals surface area contributed by atoms with E-state index in [-0.39, 0.29) is 12.5 Å². The molecule has 22 heavy (non-hydrogen) atoms. The molecule has 0 spiro atoms. The molecule has 1 rings (SSSR count). The van der Waals surface area contributed by atoms with Gasteiger partial charge in [-0.3, -0.25) is 10.1 Å². The lowest BCUT2D eigenvalue weighted by atomic mass is 10.1. The molecule has 7 heteroatoms. The van der Waals surface area contributed by atoms with Crippen molar-refractivity contribution in [3.63, 3.8) is 0 Å². The molecule has 0 aliphatic heterocycles. The third-order valence-corrected chi connectivity index (χ3v) is 3.23. The van der Waals surface area contributed by atoms with Crippen molar-refractivity contribution < 1.29 is 24.0 Å². The van der Waals surface area contributed by atoms with E-state index in [9.17, 15) is 9.59 Å². The molecular formula is C15H24N3O4+. The van der Waals surface area contributed by atoms with Gasteiger partial charge in [-0.1, -0.05) is 6.07 Å². The zero-order valence-corrected chi connectivity index (χ0v) is 13.5. The lowest BCUT2D eigenvalue weighted by Gasteiger charge is -2.14. The molecule has 0 aliphatic carbocycles. The Hall–Kier alpha value is -2.28. The lowest BCUT2D eigenvalue weighted by molar-refractivity contribution is -0.870. The first-order valence-electron chi connectivity index (χ1n) is 7.04. The number of amides is 3. The van der Waals surface area contributed by atoms with Gasteiger partial charge in [0, 0.05) is 13.5 Å². The van der Waals surface area contributed by atoms with Crippen LogP contribution in [0, 0.1) is 0 Å². The van der Waals surface area contributed by atoms with Crippen LogP contribution < -0.4 is 25.0 Å². The van der Waals surface area contributed by atoms with E-state index in [1.165, 1.54) is 7.05 Å². The molecule has 0 saturated carbocycles. The Labute approximate surface area is 130 Å². The van der Waals surface area contributed by atoms with Crippen molar-refractivity contribution in [3.8, 4) is 11.5 Å². The molecule has 3 amide bonds. The summed E-state index contributed by atoms with van der Waals surface area (Å²) in [6.07, 6.45) is 0.791. The lowest BCUT2D eigenvalue weighted by Crippen LogP contribution is -3.10. The predicted octanol–water partition coefficient (Wildman–Crippen LogP) is -0.783. The van der Waals surface area contributed by atoms with Crippen molar-refractivity contribution in [2.75, 3.05) is 41.4 Å². The van der Waals surface area contributed by atoms with E-state index in [1.54, 1.807) is 14.2 Å². The van der Waals surface area contributed by atoms with Crippen LogP contribution in [0.3, 0.4) is 0 Å². The Balaban J connectivity index is 2.48. The van der Waals surface area contributed by atoms with Gasteiger partial charge in [0.1, 0.15) is 0 Å². The van der Waals surface area contributed by atoms with E-state index < -0.39 is 6.03 Å². The van der Waals surface area contributed by atoms with Gasteiger partial charge >= 0.3 is 6.03 Å². The highest BCUT2D eigenvalue weighted by molar-refractivity contribution is 5.94. The van der Waals surface area contributed by atoms with Crippen molar-refractivity contribution >= 4 is 11.9 Å². The minimum Gasteiger partial charge on any atom is -0.493 e. The van der Waals surface area contributed by atoms with Crippen molar-refractivity contribution in [2.45, 2.75) is 6.42 Å². The first-order valence-corrected chi connectivity index (χ1v) is 7.04. The molecule has 1 atom stereocenters. The van der Waals surface area contributed by atoms with Gasteiger partial charge in [-0.05, 0) is 17.7 Å². The average Bonchev–Trinajstić information content (AvgIpc) is 2.52. The number of methoxy groups -OCH3 is 2. The predicted molar refractivity (Wildman–Crippen MR) is 82.5 cm³/mol. The fraction of sp³-hybridized carbons (Fsp3) is 0.467. The van der Waals surface area contributed by atoms with Crippen LogP contribution in [0.5, 0.6) is 11.5 Å². The molecular weight excluding hydrogens is 286 g/mol. The van der Waals surface area contributed by atoms with Crippen molar-refractivity contribution in [2.24, 2.45) is 0 Å². The number of imide groups is 1. The smallest absolute Gasteiger partial charge is 0.321 e. The van der Waals surface area contributed by atoms with E-state index in [0.29, 0.717) is 11.5 Å². The SMILES string of the molecule is CNC(=O)NC(=O)C[NH+](C)CCc1ccc(OC)c(OC)c1. The summed E-state index contributed by atoms with van der Waals surface area (Å²) in [6, 6.07) is 5.27. The number of benzene rings is 1. The van der Waals surface area contributed by atoms with E-state index in [2.05, 4.69) is 10.6 Å². The monoisotopic (exact) mass is 310 g/mol. The van der Waals surface area contributed by atoms with Crippen LogP contribution in [0.4, 0.5) is 4.79 Å². The van der Waals surface area contributed by atoms with Gasteiger partial charge in [-0.15, -0.1) is 0 Å². The summed E-state index contributed by atoms with van der Waals surface area (Å²) in [5.41, 5.74) is 1.10. The Morgan fingerprint density at radius 2 is 1.86 bits per heavy atom. The van der Waals surface area contributed by atoms with Crippen LogP contribution in [0.1, 0.15) is 5.56 Å². The van der Waals surface area contributed by atoms with Gasteiger partial charge in [0.25, 0.3) is 5.91 Å². The van der Waals surface area contributed by atoms with Crippen LogP contribution in [0.2, 0.25) is 0 Å². The van der Waals surface area contributed by atoms with Crippen LogP contribution in [-0.4, -0.2) is 53.3 Å². The minimum absolute atomic E-state index is 0.237. The molecule has 0 saturated heterocycles. The fourth-order valence-corrected chi connectivity index (χ4v) is 1.99. The number of carbonyl (C=O) groups excluding carboxylic acids is 2. The molecule has 0 radical (unpaired) electrons. The average molecular weight is 310 g/mol. The van der Waals surface area contributed by atoms with Gasteiger partial charge in [0.05, 0.1) is 27.8 Å². The van der Waals surface area contributed by atoms with Crippen molar-refractivity contribution in [1.82, 2.24) is 10.6 Å². The van der Waals surface area contributed by atoms with Gasteiger partial charge < -0.3 is 19.7 Å². The number of urea groups is 1. The number of rotatable bonds is 7. The van der Waals surface area contributed by atoms with Gasteiger partial charge in [-0.25, -0.2) is 4.79 Å². The first kappa shape index (κ1) is 17.8. The number of quaternary nitrogens is 1. The summed E-state index contributed by atoms with van der Waals surface area (Å²) in [6.45, 7) is 0.997. The maximum atomic E-state index is 11.6. The Kier molecular flexibility index (Phi) is 7.18. The van der Waals surface area contributed by atoms with Crippen LogP contribution in [-0.2, 0) is 11.2 Å². The second-order valence-corrected chi connectivity index (χ2v) is 4.95. The molecule has 1 aromatic carbocycles. The highest BCUT2D eigenvalue weighted by Gasteiger charge is 2.13. The van der Waals surface area contributed by atoms with E-state index in [1.807, 2.05) is 25.2 Å².